The molecule has 0 bridgehead atoms. The quantitative estimate of drug-likeness (QED) is 0.817. The zero-order chi connectivity index (χ0) is 13.8. The Morgan fingerprint density at radius 2 is 1.95 bits per heavy atom. The van der Waals surface area contributed by atoms with Crippen LogP contribution in [0.25, 0.3) is 0 Å². The third kappa shape index (κ3) is 3.04. The lowest BCUT2D eigenvalue weighted by atomic mass is 9.79. The van der Waals surface area contributed by atoms with Crippen LogP contribution in [0, 0.1) is 31.1 Å². The van der Waals surface area contributed by atoms with Gasteiger partial charge in [-0.25, -0.2) is 0 Å². The Morgan fingerprint density at radius 3 is 2.58 bits per heavy atom. The Balaban J connectivity index is 2.26. The highest BCUT2D eigenvalue weighted by atomic mass is 16.1. The van der Waals surface area contributed by atoms with Gasteiger partial charge in [0.2, 0.25) is 0 Å². The van der Waals surface area contributed by atoms with Crippen LogP contribution in [-0.4, -0.2) is 5.78 Å². The smallest absolute Gasteiger partial charge is 0.157 e. The van der Waals surface area contributed by atoms with E-state index < -0.39 is 5.92 Å². The molecule has 2 nitrogen and oxygen atoms in total. The van der Waals surface area contributed by atoms with Crippen LogP contribution in [0.5, 0.6) is 0 Å². The first kappa shape index (κ1) is 13.8. The molecule has 0 spiro atoms. The van der Waals surface area contributed by atoms with E-state index in [2.05, 4.69) is 6.07 Å². The van der Waals surface area contributed by atoms with Crippen LogP contribution in [-0.2, 0) is 4.79 Å². The van der Waals surface area contributed by atoms with Crippen LogP contribution in [0.15, 0.2) is 18.2 Å². The topological polar surface area (TPSA) is 40.9 Å². The highest BCUT2D eigenvalue weighted by Gasteiger charge is 2.30. The molecule has 100 valence electrons. The van der Waals surface area contributed by atoms with Crippen LogP contribution >= 0.6 is 0 Å². The molecule has 1 saturated carbocycles. The lowest BCUT2D eigenvalue weighted by Gasteiger charge is -2.23. The van der Waals surface area contributed by atoms with Gasteiger partial charge in [0.15, 0.2) is 5.78 Å². The monoisotopic (exact) mass is 255 g/mol. The minimum atomic E-state index is -0.581. The van der Waals surface area contributed by atoms with E-state index in [1.165, 1.54) is 6.42 Å². The molecule has 1 atom stereocenters. The van der Waals surface area contributed by atoms with Crippen LogP contribution in [0.3, 0.4) is 0 Å². The normalized spacial score (nSPS) is 17.7. The van der Waals surface area contributed by atoms with Crippen molar-refractivity contribution < 1.29 is 4.79 Å². The molecule has 1 aliphatic carbocycles. The van der Waals surface area contributed by atoms with E-state index in [1.54, 1.807) is 0 Å². The zero-order valence-corrected chi connectivity index (χ0v) is 11.8. The number of rotatable bonds is 3. The van der Waals surface area contributed by atoms with Crippen LogP contribution in [0.2, 0.25) is 0 Å². The number of hydrogen-bond acceptors (Lipinski definition) is 2. The van der Waals surface area contributed by atoms with Crippen molar-refractivity contribution in [3.05, 3.63) is 34.9 Å². The molecule has 0 saturated heterocycles. The predicted molar refractivity (Wildman–Crippen MR) is 75.9 cm³/mol. The van der Waals surface area contributed by atoms with Crippen molar-refractivity contribution >= 4 is 5.78 Å². The lowest BCUT2D eigenvalue weighted by molar-refractivity contribution is -0.124. The summed E-state index contributed by atoms with van der Waals surface area (Å²) in [6, 6.07) is 8.25. The number of aryl methyl sites for hydroxylation is 2. The van der Waals surface area contributed by atoms with Crippen molar-refractivity contribution in [2.24, 2.45) is 5.92 Å². The zero-order valence-electron chi connectivity index (χ0n) is 11.8. The summed E-state index contributed by atoms with van der Waals surface area (Å²) in [6.45, 7) is 3.98. The van der Waals surface area contributed by atoms with E-state index in [0.29, 0.717) is 0 Å². The van der Waals surface area contributed by atoms with E-state index in [9.17, 15) is 10.1 Å². The van der Waals surface area contributed by atoms with Crippen LogP contribution < -0.4 is 0 Å². The number of ketones is 1. The van der Waals surface area contributed by atoms with E-state index >= 15 is 0 Å². The first-order valence-electron chi connectivity index (χ1n) is 7.14. The Hall–Kier alpha value is -1.62. The van der Waals surface area contributed by atoms with Gasteiger partial charge >= 0.3 is 0 Å². The second kappa shape index (κ2) is 6.02. The molecule has 19 heavy (non-hydrogen) atoms. The molecule has 1 aromatic carbocycles. The predicted octanol–water partition coefficient (Wildman–Crippen LogP) is 4.06. The van der Waals surface area contributed by atoms with Gasteiger partial charge in [-0.2, -0.15) is 5.26 Å². The molecule has 2 heteroatoms. The first-order valence-corrected chi connectivity index (χ1v) is 7.14. The summed E-state index contributed by atoms with van der Waals surface area (Å²) in [6.07, 6.45) is 5.40. The number of carbonyl (C=O) groups is 1. The molecule has 1 fully saturated rings. The van der Waals surface area contributed by atoms with Crippen molar-refractivity contribution in [2.75, 3.05) is 0 Å². The molecule has 0 N–H and O–H groups in total. The van der Waals surface area contributed by atoms with Gasteiger partial charge in [-0.3, -0.25) is 4.79 Å². The van der Waals surface area contributed by atoms with Crippen molar-refractivity contribution in [2.45, 2.75) is 51.9 Å². The first-order chi connectivity index (χ1) is 9.13. The molecule has 0 aromatic heterocycles. The van der Waals surface area contributed by atoms with Crippen molar-refractivity contribution in [3.8, 4) is 6.07 Å². The van der Waals surface area contributed by atoms with E-state index in [1.807, 2.05) is 32.0 Å². The van der Waals surface area contributed by atoms with Gasteiger partial charge in [0.05, 0.1) is 6.07 Å². The number of hydrogen-bond donors (Lipinski definition) is 0. The fourth-order valence-electron chi connectivity index (χ4n) is 2.98. The number of nitrogens with zero attached hydrogens (tertiary/aromatic N) is 1. The molecule has 2 rings (SSSR count). The number of nitriles is 1. The summed E-state index contributed by atoms with van der Waals surface area (Å²) in [5.41, 5.74) is 3.05. The Kier molecular flexibility index (Phi) is 4.37. The fourth-order valence-corrected chi connectivity index (χ4v) is 2.98. The number of Topliss-reactive ketones (excluding diaryl/α,β-unsaturated/α-hetero) is 1. The maximum Gasteiger partial charge on any atom is 0.157 e. The minimum absolute atomic E-state index is 0.0957. The highest BCUT2D eigenvalue weighted by Crippen LogP contribution is 2.31. The fraction of sp³-hybridized carbons (Fsp3) is 0.529. The third-order valence-electron chi connectivity index (χ3n) is 4.17. The minimum Gasteiger partial charge on any atom is -0.298 e. The Bertz CT molecular complexity index is 506. The summed E-state index contributed by atoms with van der Waals surface area (Å²) in [5.74, 6) is -0.350. The standard InChI is InChI=1S/C17H21NO/c1-12-8-9-13(2)15(10-12)16(11-18)17(19)14-6-4-3-5-7-14/h8-10,14,16H,3-7H2,1-2H3. The molecular weight excluding hydrogens is 234 g/mol. The van der Waals surface area contributed by atoms with E-state index in [4.69, 9.17) is 0 Å². The molecule has 1 aliphatic rings. The van der Waals surface area contributed by atoms with Gasteiger partial charge in [-0.05, 0) is 37.8 Å². The Labute approximate surface area is 115 Å². The van der Waals surface area contributed by atoms with E-state index in [0.717, 1.165) is 42.4 Å². The number of benzene rings is 1. The molecule has 0 radical (unpaired) electrons. The summed E-state index contributed by atoms with van der Waals surface area (Å²) >= 11 is 0. The second-order valence-corrected chi connectivity index (χ2v) is 5.66. The average Bonchev–Trinajstić information content (AvgIpc) is 2.44. The SMILES string of the molecule is Cc1ccc(C)c(C(C#N)C(=O)C2CCCCC2)c1. The van der Waals surface area contributed by atoms with Gasteiger partial charge in [0.1, 0.15) is 5.92 Å². The molecule has 0 amide bonds. The molecule has 1 aromatic rings. The van der Waals surface area contributed by atoms with Gasteiger partial charge in [-0.15, -0.1) is 0 Å². The average molecular weight is 255 g/mol. The molecular formula is C17H21NO. The second-order valence-electron chi connectivity index (χ2n) is 5.66. The highest BCUT2D eigenvalue weighted by molar-refractivity contribution is 5.90. The lowest BCUT2D eigenvalue weighted by Crippen LogP contribution is -2.24. The summed E-state index contributed by atoms with van der Waals surface area (Å²) in [5, 5.41) is 9.43. The molecule has 0 aliphatic heterocycles. The van der Waals surface area contributed by atoms with Gasteiger partial charge in [-0.1, -0.05) is 43.0 Å². The van der Waals surface area contributed by atoms with Crippen LogP contribution in [0.1, 0.15) is 54.7 Å². The van der Waals surface area contributed by atoms with Crippen molar-refractivity contribution in [1.82, 2.24) is 0 Å². The van der Waals surface area contributed by atoms with Gasteiger partial charge in [0.25, 0.3) is 0 Å². The molecule has 1 unspecified atom stereocenters. The maximum absolute atomic E-state index is 12.6. The van der Waals surface area contributed by atoms with E-state index in [-0.39, 0.29) is 11.7 Å². The maximum atomic E-state index is 12.6. The van der Waals surface area contributed by atoms with Crippen LogP contribution in [0.4, 0.5) is 0 Å². The summed E-state index contributed by atoms with van der Waals surface area (Å²) < 4.78 is 0. The summed E-state index contributed by atoms with van der Waals surface area (Å²) in [4.78, 5) is 12.6. The summed E-state index contributed by atoms with van der Waals surface area (Å²) in [7, 11) is 0. The van der Waals surface area contributed by atoms with Crippen molar-refractivity contribution in [3.63, 3.8) is 0 Å². The largest absolute Gasteiger partial charge is 0.298 e. The third-order valence-corrected chi connectivity index (χ3v) is 4.17. The number of carbonyl (C=O) groups excluding carboxylic acids is 1. The van der Waals surface area contributed by atoms with Gasteiger partial charge in [0, 0.05) is 5.92 Å². The Morgan fingerprint density at radius 1 is 1.26 bits per heavy atom. The van der Waals surface area contributed by atoms with Crippen molar-refractivity contribution in [1.29, 1.82) is 5.26 Å². The molecule has 0 heterocycles. The van der Waals surface area contributed by atoms with Gasteiger partial charge < -0.3 is 0 Å².